The Morgan fingerprint density at radius 2 is 1.85 bits per heavy atom. The molecule has 0 saturated heterocycles. The second-order valence-corrected chi connectivity index (χ2v) is 6.18. The van der Waals surface area contributed by atoms with Crippen molar-refractivity contribution in [1.29, 1.82) is 0 Å². The van der Waals surface area contributed by atoms with Gasteiger partial charge in [0.2, 0.25) is 0 Å². The van der Waals surface area contributed by atoms with Gasteiger partial charge < -0.3 is 0 Å². The monoisotopic (exact) mass is 297 g/mol. The summed E-state index contributed by atoms with van der Waals surface area (Å²) in [6.07, 6.45) is 3.50. The number of sulfonamides is 1. The average molecular weight is 297 g/mol. The van der Waals surface area contributed by atoms with Gasteiger partial charge in [0.05, 0.1) is 9.82 Å². The van der Waals surface area contributed by atoms with Gasteiger partial charge in [-0.15, -0.1) is 0 Å². The molecule has 20 heavy (non-hydrogen) atoms. The molecule has 0 unspecified atom stereocenters. The number of benzene rings is 1. The zero-order valence-electron chi connectivity index (χ0n) is 10.8. The van der Waals surface area contributed by atoms with Gasteiger partial charge in [-0.3, -0.25) is 19.8 Å². The molecule has 1 aliphatic heterocycles. The van der Waals surface area contributed by atoms with E-state index in [1.165, 1.54) is 24.3 Å². The van der Waals surface area contributed by atoms with Crippen LogP contribution in [0.4, 0.5) is 5.69 Å². The topological polar surface area (TPSA) is 102 Å². The number of hydrogen-bond donors (Lipinski definition) is 1. The molecule has 1 heterocycles. The van der Waals surface area contributed by atoms with Crippen molar-refractivity contribution in [2.45, 2.75) is 30.6 Å². The highest BCUT2D eigenvalue weighted by atomic mass is 32.2. The van der Waals surface area contributed by atoms with Crippen LogP contribution in [0.2, 0.25) is 0 Å². The first-order chi connectivity index (χ1) is 9.49. The van der Waals surface area contributed by atoms with Crippen LogP contribution in [0.15, 0.2) is 34.2 Å². The summed E-state index contributed by atoms with van der Waals surface area (Å²) in [5.74, 6) is 0.459. The van der Waals surface area contributed by atoms with E-state index in [-0.39, 0.29) is 10.6 Å². The van der Waals surface area contributed by atoms with Gasteiger partial charge in [-0.1, -0.05) is 6.42 Å². The van der Waals surface area contributed by atoms with E-state index in [0.29, 0.717) is 18.8 Å². The zero-order valence-corrected chi connectivity index (χ0v) is 11.6. The van der Waals surface area contributed by atoms with Crippen LogP contribution in [0.25, 0.3) is 0 Å². The van der Waals surface area contributed by atoms with Crippen LogP contribution in [0, 0.1) is 10.1 Å². The highest BCUT2D eigenvalue weighted by molar-refractivity contribution is 7.90. The van der Waals surface area contributed by atoms with E-state index in [1.54, 1.807) is 0 Å². The van der Waals surface area contributed by atoms with E-state index in [9.17, 15) is 18.5 Å². The van der Waals surface area contributed by atoms with Crippen molar-refractivity contribution in [1.82, 2.24) is 4.72 Å². The molecule has 2 rings (SSSR count). The van der Waals surface area contributed by atoms with Crippen molar-refractivity contribution in [3.05, 3.63) is 34.4 Å². The molecule has 0 aromatic heterocycles. The van der Waals surface area contributed by atoms with Gasteiger partial charge >= 0.3 is 0 Å². The predicted octanol–water partition coefficient (Wildman–Crippen LogP) is 1.85. The maximum absolute atomic E-state index is 12.1. The lowest BCUT2D eigenvalue weighted by atomic mass is 10.2. The molecule has 1 aromatic rings. The van der Waals surface area contributed by atoms with Crippen LogP contribution in [0.3, 0.4) is 0 Å². The first-order valence-electron chi connectivity index (χ1n) is 6.30. The summed E-state index contributed by atoms with van der Waals surface area (Å²) in [4.78, 5) is 14.2. The Morgan fingerprint density at radius 1 is 1.15 bits per heavy atom. The Balaban J connectivity index is 2.17. The van der Waals surface area contributed by atoms with E-state index in [4.69, 9.17) is 0 Å². The summed E-state index contributed by atoms with van der Waals surface area (Å²) in [5.41, 5.74) is -0.143. The third kappa shape index (κ3) is 3.53. The first-order valence-corrected chi connectivity index (χ1v) is 7.78. The minimum absolute atomic E-state index is 0.00459. The Hall–Kier alpha value is -1.96. The SMILES string of the molecule is O=[N+]([O-])c1ccc(S(=O)(=O)NC2=NCCCCC2)cc1. The third-order valence-corrected chi connectivity index (χ3v) is 4.38. The molecule has 0 amide bonds. The number of non-ortho nitro benzene ring substituents is 1. The Kier molecular flexibility index (Phi) is 4.33. The number of amidine groups is 1. The fourth-order valence-corrected chi connectivity index (χ4v) is 3.01. The van der Waals surface area contributed by atoms with Crippen LogP contribution < -0.4 is 4.72 Å². The molecule has 1 aliphatic rings. The van der Waals surface area contributed by atoms with Crippen molar-refractivity contribution < 1.29 is 13.3 Å². The van der Waals surface area contributed by atoms with Gasteiger partial charge in [0, 0.05) is 25.1 Å². The summed E-state index contributed by atoms with van der Waals surface area (Å²) in [7, 11) is -3.72. The maximum atomic E-state index is 12.1. The number of aliphatic imine (C=N–C) groups is 1. The average Bonchev–Trinajstić information content (AvgIpc) is 2.67. The zero-order chi connectivity index (χ0) is 14.6. The standard InChI is InChI=1S/C12H15N3O4S/c16-15(17)10-5-7-11(8-6-10)20(18,19)14-12-4-2-1-3-9-13-12/h5-8H,1-4,9H2,(H,13,14). The summed E-state index contributed by atoms with van der Waals surface area (Å²) in [5, 5.41) is 10.5. The minimum atomic E-state index is -3.72. The molecule has 0 bridgehead atoms. The molecule has 0 fully saturated rings. The molecule has 1 aromatic carbocycles. The van der Waals surface area contributed by atoms with Crippen LogP contribution >= 0.6 is 0 Å². The molecule has 0 aliphatic carbocycles. The summed E-state index contributed by atoms with van der Waals surface area (Å²) >= 11 is 0. The van der Waals surface area contributed by atoms with Crippen molar-refractivity contribution in [3.8, 4) is 0 Å². The number of hydrogen-bond acceptors (Lipinski definition) is 5. The van der Waals surface area contributed by atoms with E-state index in [0.717, 1.165) is 19.3 Å². The number of nitro groups is 1. The largest absolute Gasteiger partial charge is 0.272 e. The Bertz CT molecular complexity index is 623. The second-order valence-electron chi connectivity index (χ2n) is 4.50. The molecule has 0 spiro atoms. The predicted molar refractivity (Wildman–Crippen MR) is 74.2 cm³/mol. The van der Waals surface area contributed by atoms with E-state index in [1.807, 2.05) is 0 Å². The van der Waals surface area contributed by atoms with Crippen molar-refractivity contribution in [2.24, 2.45) is 4.99 Å². The smallest absolute Gasteiger partial charge is 0.269 e. The number of rotatable bonds is 3. The fourth-order valence-electron chi connectivity index (χ4n) is 1.92. The van der Waals surface area contributed by atoms with Crippen LogP contribution in [0.5, 0.6) is 0 Å². The van der Waals surface area contributed by atoms with E-state index >= 15 is 0 Å². The van der Waals surface area contributed by atoms with Gasteiger partial charge in [-0.2, -0.15) is 0 Å². The van der Waals surface area contributed by atoms with Gasteiger partial charge in [-0.25, -0.2) is 8.42 Å². The molecule has 7 nitrogen and oxygen atoms in total. The van der Waals surface area contributed by atoms with Gasteiger partial charge in [0.25, 0.3) is 15.7 Å². The molecule has 8 heteroatoms. The highest BCUT2D eigenvalue weighted by Crippen LogP contribution is 2.16. The number of nitrogens with one attached hydrogen (secondary N) is 1. The third-order valence-electron chi connectivity index (χ3n) is 2.98. The molecule has 0 radical (unpaired) electrons. The minimum Gasteiger partial charge on any atom is -0.272 e. The maximum Gasteiger partial charge on any atom is 0.269 e. The summed E-state index contributed by atoms with van der Waals surface area (Å²) < 4.78 is 26.7. The molecule has 0 atom stereocenters. The van der Waals surface area contributed by atoms with E-state index in [2.05, 4.69) is 9.71 Å². The van der Waals surface area contributed by atoms with Crippen molar-refractivity contribution in [3.63, 3.8) is 0 Å². The quantitative estimate of drug-likeness (QED) is 0.679. The van der Waals surface area contributed by atoms with Gasteiger partial charge in [0.15, 0.2) is 0 Å². The van der Waals surface area contributed by atoms with Gasteiger partial charge in [-0.05, 0) is 25.0 Å². The highest BCUT2D eigenvalue weighted by Gasteiger charge is 2.18. The normalized spacial score (nSPS) is 16.1. The lowest BCUT2D eigenvalue weighted by molar-refractivity contribution is -0.384. The number of nitro benzene ring substituents is 1. The molecule has 1 N–H and O–H groups in total. The number of nitrogens with zero attached hydrogens (tertiary/aromatic N) is 2. The summed E-state index contributed by atoms with van der Waals surface area (Å²) in [6, 6.07) is 4.78. The van der Waals surface area contributed by atoms with Crippen LogP contribution in [0.1, 0.15) is 25.7 Å². The fraction of sp³-hybridized carbons (Fsp3) is 0.417. The molecule has 0 saturated carbocycles. The van der Waals surface area contributed by atoms with Gasteiger partial charge in [0.1, 0.15) is 5.84 Å². The second kappa shape index (κ2) is 6.00. The first kappa shape index (κ1) is 14.4. The van der Waals surface area contributed by atoms with Crippen LogP contribution in [-0.4, -0.2) is 25.7 Å². The Morgan fingerprint density at radius 3 is 2.50 bits per heavy atom. The Labute approximate surface area is 116 Å². The lowest BCUT2D eigenvalue weighted by Crippen LogP contribution is -2.30. The molecule has 108 valence electrons. The van der Waals surface area contributed by atoms with Crippen molar-refractivity contribution in [2.75, 3.05) is 6.54 Å². The lowest BCUT2D eigenvalue weighted by Gasteiger charge is -2.09. The van der Waals surface area contributed by atoms with Crippen molar-refractivity contribution >= 4 is 21.5 Å². The van der Waals surface area contributed by atoms with Crippen LogP contribution in [-0.2, 0) is 10.0 Å². The summed E-state index contributed by atoms with van der Waals surface area (Å²) in [6.45, 7) is 0.623. The molecular weight excluding hydrogens is 282 g/mol. The molecular formula is C12H15N3O4S. The van der Waals surface area contributed by atoms with E-state index < -0.39 is 14.9 Å².